The first kappa shape index (κ1) is 12.7. The molecule has 88 valence electrons. The third-order valence-corrected chi connectivity index (χ3v) is 2.69. The largest absolute Gasteiger partial charge is 0.467 e. The molecule has 0 saturated carbocycles. The molecule has 1 rings (SSSR count). The second-order valence-electron chi connectivity index (χ2n) is 4.15. The van der Waals surface area contributed by atoms with E-state index >= 15 is 0 Å². The Balaban J connectivity index is 2.96. The predicted molar refractivity (Wildman–Crippen MR) is 62.0 cm³/mol. The summed E-state index contributed by atoms with van der Waals surface area (Å²) in [5, 5.41) is 9.93. The molecular formula is C13H18O3. The molecule has 0 aliphatic heterocycles. The van der Waals surface area contributed by atoms with Crippen LogP contribution in [0.25, 0.3) is 0 Å². The molecule has 16 heavy (non-hydrogen) atoms. The van der Waals surface area contributed by atoms with Crippen LogP contribution in [0.5, 0.6) is 0 Å². The number of ether oxygens (including phenoxy) is 1. The van der Waals surface area contributed by atoms with Crippen molar-refractivity contribution < 1.29 is 14.6 Å². The number of aliphatic hydroxyl groups excluding tert-OH is 1. The Bertz CT molecular complexity index is 332. The summed E-state index contributed by atoms with van der Waals surface area (Å²) in [6, 6.07) is 9.53. The van der Waals surface area contributed by atoms with E-state index < -0.39 is 12.1 Å². The maximum absolute atomic E-state index is 11.4. The fourth-order valence-corrected chi connectivity index (χ4v) is 1.87. The maximum atomic E-state index is 11.4. The molecule has 1 aromatic carbocycles. The van der Waals surface area contributed by atoms with Gasteiger partial charge in [-0.2, -0.15) is 0 Å². The first-order valence-corrected chi connectivity index (χ1v) is 5.38. The second-order valence-corrected chi connectivity index (χ2v) is 4.15. The van der Waals surface area contributed by atoms with Crippen LogP contribution in [-0.2, 0) is 9.53 Å². The quantitative estimate of drug-likeness (QED) is 0.792. The molecule has 1 N–H and O–H groups in total. The van der Waals surface area contributed by atoms with Gasteiger partial charge in [-0.25, -0.2) is 4.79 Å². The van der Waals surface area contributed by atoms with Gasteiger partial charge in [-0.3, -0.25) is 0 Å². The lowest BCUT2D eigenvalue weighted by molar-refractivity contribution is -0.152. The highest BCUT2D eigenvalue weighted by Gasteiger charge is 2.30. The van der Waals surface area contributed by atoms with Gasteiger partial charge in [0.1, 0.15) is 0 Å². The zero-order valence-corrected chi connectivity index (χ0v) is 9.88. The fourth-order valence-electron chi connectivity index (χ4n) is 1.87. The monoisotopic (exact) mass is 222 g/mol. The molecule has 3 heteroatoms. The average molecular weight is 222 g/mol. The molecule has 0 fully saturated rings. The molecule has 2 atom stereocenters. The molecule has 0 bridgehead atoms. The van der Waals surface area contributed by atoms with E-state index in [0.717, 1.165) is 5.56 Å². The van der Waals surface area contributed by atoms with E-state index in [1.54, 1.807) is 0 Å². The predicted octanol–water partition coefficient (Wildman–Crippen LogP) is 1.96. The minimum Gasteiger partial charge on any atom is -0.467 e. The van der Waals surface area contributed by atoms with Gasteiger partial charge in [0.05, 0.1) is 7.11 Å². The third-order valence-electron chi connectivity index (χ3n) is 2.69. The first-order chi connectivity index (χ1) is 7.57. The van der Waals surface area contributed by atoms with E-state index in [0.29, 0.717) is 0 Å². The molecule has 0 heterocycles. The van der Waals surface area contributed by atoms with Gasteiger partial charge < -0.3 is 9.84 Å². The van der Waals surface area contributed by atoms with Crippen LogP contribution in [0, 0.1) is 5.92 Å². The van der Waals surface area contributed by atoms with Crippen LogP contribution in [0.2, 0.25) is 0 Å². The molecule has 0 amide bonds. The zero-order valence-electron chi connectivity index (χ0n) is 9.88. The summed E-state index contributed by atoms with van der Waals surface area (Å²) >= 11 is 0. The van der Waals surface area contributed by atoms with Crippen LogP contribution in [0.3, 0.4) is 0 Å². The van der Waals surface area contributed by atoms with Gasteiger partial charge in [-0.1, -0.05) is 44.2 Å². The Morgan fingerprint density at radius 3 is 2.25 bits per heavy atom. The molecule has 2 unspecified atom stereocenters. The van der Waals surface area contributed by atoms with Crippen LogP contribution in [0.1, 0.15) is 25.3 Å². The molecule has 0 saturated heterocycles. The third kappa shape index (κ3) is 2.83. The number of hydrogen-bond acceptors (Lipinski definition) is 3. The molecule has 3 nitrogen and oxygen atoms in total. The molecule has 0 aliphatic carbocycles. The van der Waals surface area contributed by atoms with Crippen LogP contribution in [0.4, 0.5) is 0 Å². The van der Waals surface area contributed by atoms with E-state index in [2.05, 4.69) is 4.74 Å². The van der Waals surface area contributed by atoms with E-state index in [9.17, 15) is 9.90 Å². The Hall–Kier alpha value is -1.35. The van der Waals surface area contributed by atoms with Crippen molar-refractivity contribution in [3.8, 4) is 0 Å². The standard InChI is InChI=1S/C13H18O3/c1-9(2)11(12(14)13(15)16-3)10-7-5-4-6-8-10/h4-9,11-12,14H,1-3H3. The highest BCUT2D eigenvalue weighted by Crippen LogP contribution is 2.28. The van der Waals surface area contributed by atoms with Crippen molar-refractivity contribution in [2.75, 3.05) is 7.11 Å². The average Bonchev–Trinajstić information content (AvgIpc) is 2.29. The topological polar surface area (TPSA) is 46.5 Å². The fraction of sp³-hybridized carbons (Fsp3) is 0.462. The van der Waals surface area contributed by atoms with Gasteiger partial charge in [-0.05, 0) is 11.5 Å². The summed E-state index contributed by atoms with van der Waals surface area (Å²) in [5.74, 6) is -0.646. The summed E-state index contributed by atoms with van der Waals surface area (Å²) < 4.78 is 4.58. The lowest BCUT2D eigenvalue weighted by Crippen LogP contribution is -2.32. The zero-order chi connectivity index (χ0) is 12.1. The van der Waals surface area contributed by atoms with E-state index in [1.165, 1.54) is 7.11 Å². The number of esters is 1. The van der Waals surface area contributed by atoms with Crippen LogP contribution < -0.4 is 0 Å². The van der Waals surface area contributed by atoms with Crippen LogP contribution in [0.15, 0.2) is 30.3 Å². The smallest absolute Gasteiger partial charge is 0.335 e. The summed E-state index contributed by atoms with van der Waals surface area (Å²) in [6.07, 6.45) is -1.10. The summed E-state index contributed by atoms with van der Waals surface area (Å²) in [5.41, 5.74) is 0.954. The van der Waals surface area contributed by atoms with Gasteiger partial charge in [0.15, 0.2) is 6.10 Å². The lowest BCUT2D eigenvalue weighted by atomic mass is 9.84. The number of rotatable bonds is 4. The van der Waals surface area contributed by atoms with Crippen molar-refractivity contribution in [2.24, 2.45) is 5.92 Å². The second kappa shape index (κ2) is 5.66. The summed E-state index contributed by atoms with van der Waals surface area (Å²) in [7, 11) is 1.29. The van der Waals surface area contributed by atoms with Crippen molar-refractivity contribution in [2.45, 2.75) is 25.9 Å². The first-order valence-electron chi connectivity index (χ1n) is 5.38. The van der Waals surface area contributed by atoms with Gasteiger partial charge in [0.25, 0.3) is 0 Å². The van der Waals surface area contributed by atoms with Crippen molar-refractivity contribution in [3.05, 3.63) is 35.9 Å². The molecular weight excluding hydrogens is 204 g/mol. The van der Waals surface area contributed by atoms with Crippen LogP contribution >= 0.6 is 0 Å². The molecule has 0 spiro atoms. The normalized spacial score (nSPS) is 14.6. The lowest BCUT2D eigenvalue weighted by Gasteiger charge is -2.25. The molecule has 0 radical (unpaired) electrons. The highest BCUT2D eigenvalue weighted by atomic mass is 16.5. The van der Waals surface area contributed by atoms with Gasteiger partial charge in [-0.15, -0.1) is 0 Å². The van der Waals surface area contributed by atoms with Crippen LogP contribution in [-0.4, -0.2) is 24.3 Å². The molecule has 0 aromatic heterocycles. The van der Waals surface area contributed by atoms with Crippen molar-refractivity contribution in [1.29, 1.82) is 0 Å². The van der Waals surface area contributed by atoms with E-state index in [4.69, 9.17) is 0 Å². The van der Waals surface area contributed by atoms with Gasteiger partial charge in [0, 0.05) is 5.92 Å². The highest BCUT2D eigenvalue weighted by molar-refractivity contribution is 5.75. The Morgan fingerprint density at radius 1 is 1.25 bits per heavy atom. The SMILES string of the molecule is COC(=O)C(O)C(c1ccccc1)C(C)C. The summed E-state index contributed by atoms with van der Waals surface area (Å²) in [4.78, 5) is 11.4. The Kier molecular flexibility index (Phi) is 4.50. The van der Waals surface area contributed by atoms with Crippen molar-refractivity contribution in [3.63, 3.8) is 0 Å². The summed E-state index contributed by atoms with van der Waals surface area (Å²) in [6.45, 7) is 3.95. The number of methoxy groups -OCH3 is 1. The van der Waals surface area contributed by atoms with Crippen molar-refractivity contribution in [1.82, 2.24) is 0 Å². The Labute approximate surface area is 96.1 Å². The maximum Gasteiger partial charge on any atom is 0.335 e. The molecule has 0 aliphatic rings. The number of aliphatic hydroxyl groups is 1. The van der Waals surface area contributed by atoms with Gasteiger partial charge >= 0.3 is 5.97 Å². The number of benzene rings is 1. The van der Waals surface area contributed by atoms with E-state index in [-0.39, 0.29) is 11.8 Å². The number of carbonyl (C=O) groups is 1. The Morgan fingerprint density at radius 2 is 1.81 bits per heavy atom. The number of carbonyl (C=O) groups excluding carboxylic acids is 1. The van der Waals surface area contributed by atoms with Crippen molar-refractivity contribution >= 4 is 5.97 Å². The minimum atomic E-state index is -1.10. The number of hydrogen-bond donors (Lipinski definition) is 1. The van der Waals surface area contributed by atoms with E-state index in [1.807, 2.05) is 44.2 Å². The van der Waals surface area contributed by atoms with Gasteiger partial charge in [0.2, 0.25) is 0 Å². The molecule has 1 aromatic rings. The minimum absolute atomic E-state index is 0.163.